The van der Waals surface area contributed by atoms with E-state index < -0.39 is 0 Å². The van der Waals surface area contributed by atoms with E-state index in [-0.39, 0.29) is 0 Å². The van der Waals surface area contributed by atoms with Gasteiger partial charge in [-0.15, -0.1) is 11.3 Å². The first-order valence-electron chi connectivity index (χ1n) is 6.76. The van der Waals surface area contributed by atoms with Crippen LogP contribution >= 0.6 is 11.3 Å². The van der Waals surface area contributed by atoms with Crippen molar-refractivity contribution in [2.24, 2.45) is 0 Å². The highest BCUT2D eigenvalue weighted by atomic mass is 32.1. The van der Waals surface area contributed by atoms with Crippen molar-refractivity contribution in [3.8, 4) is 11.5 Å². The molecule has 2 aromatic rings. The van der Waals surface area contributed by atoms with Crippen LogP contribution in [0.15, 0.2) is 29.6 Å². The van der Waals surface area contributed by atoms with Gasteiger partial charge >= 0.3 is 0 Å². The summed E-state index contributed by atoms with van der Waals surface area (Å²) >= 11 is 1.65. The molecule has 0 aliphatic carbocycles. The molecule has 0 amide bonds. The van der Waals surface area contributed by atoms with Gasteiger partial charge in [0, 0.05) is 17.6 Å². The molecule has 4 heteroatoms. The lowest BCUT2D eigenvalue weighted by Crippen LogP contribution is -2.14. The van der Waals surface area contributed by atoms with Gasteiger partial charge in [-0.25, -0.2) is 0 Å². The molecule has 20 heavy (non-hydrogen) atoms. The second-order valence-corrected chi connectivity index (χ2v) is 5.39. The average molecular weight is 287 g/mol. The molecule has 3 nitrogen and oxygen atoms in total. The number of fused-ring (bicyclic) bond motifs is 1. The van der Waals surface area contributed by atoms with Crippen molar-refractivity contribution in [3.63, 3.8) is 0 Å². The molecule has 2 heterocycles. The lowest BCUT2D eigenvalue weighted by Gasteiger charge is -2.15. The van der Waals surface area contributed by atoms with E-state index in [1.54, 1.807) is 11.3 Å². The second kappa shape index (κ2) is 6.01. The van der Waals surface area contributed by atoms with Crippen LogP contribution in [-0.2, 0) is 0 Å². The van der Waals surface area contributed by atoms with Crippen LogP contribution in [0.25, 0.3) is 12.2 Å². The fraction of sp³-hybridized carbons (Fsp3) is 0.250. The maximum Gasteiger partial charge on any atom is 0.179 e. The van der Waals surface area contributed by atoms with Gasteiger partial charge in [0.05, 0.1) is 4.88 Å². The van der Waals surface area contributed by atoms with Gasteiger partial charge < -0.3 is 14.8 Å². The minimum Gasteiger partial charge on any atom is -0.485 e. The summed E-state index contributed by atoms with van der Waals surface area (Å²) in [6.07, 6.45) is 4.18. The Kier molecular flexibility index (Phi) is 3.92. The van der Waals surface area contributed by atoms with Gasteiger partial charge in [-0.1, -0.05) is 18.2 Å². The number of rotatable bonds is 4. The summed E-state index contributed by atoms with van der Waals surface area (Å²) in [6, 6.07) is 8.39. The molecule has 0 saturated carbocycles. The Labute approximate surface area is 122 Å². The molecule has 1 aromatic heterocycles. The Morgan fingerprint density at radius 3 is 2.75 bits per heavy atom. The zero-order chi connectivity index (χ0) is 13.8. The molecule has 0 atom stereocenters. The molecule has 3 rings (SSSR count). The molecule has 0 spiro atoms. The first-order valence-corrected chi connectivity index (χ1v) is 7.64. The second-order valence-electron chi connectivity index (χ2n) is 4.48. The smallest absolute Gasteiger partial charge is 0.179 e. The van der Waals surface area contributed by atoms with Crippen molar-refractivity contribution in [1.29, 1.82) is 0 Å². The van der Waals surface area contributed by atoms with Gasteiger partial charge in [0.15, 0.2) is 11.5 Å². The summed E-state index contributed by atoms with van der Waals surface area (Å²) in [5, 5.41) is 5.29. The minimum absolute atomic E-state index is 0.627. The fourth-order valence-corrected chi connectivity index (χ4v) is 2.91. The highest BCUT2D eigenvalue weighted by Crippen LogP contribution is 2.40. The predicted octanol–water partition coefficient (Wildman–Crippen LogP) is 4.12. The molecule has 104 valence electrons. The Morgan fingerprint density at radius 1 is 1.15 bits per heavy atom. The summed E-state index contributed by atoms with van der Waals surface area (Å²) in [5.41, 5.74) is 2.32. The number of nitrogens with one attached hydrogen (secondary N) is 1. The van der Waals surface area contributed by atoms with Crippen LogP contribution in [0.3, 0.4) is 0 Å². The number of thiophene rings is 1. The van der Waals surface area contributed by atoms with Gasteiger partial charge in [0.1, 0.15) is 13.2 Å². The van der Waals surface area contributed by atoms with Gasteiger partial charge in [-0.05, 0) is 30.7 Å². The van der Waals surface area contributed by atoms with Crippen LogP contribution in [0, 0.1) is 0 Å². The maximum absolute atomic E-state index is 5.66. The van der Waals surface area contributed by atoms with Crippen LogP contribution in [0.1, 0.15) is 17.4 Å². The Morgan fingerprint density at radius 2 is 1.95 bits per heavy atom. The molecular weight excluding hydrogens is 270 g/mol. The van der Waals surface area contributed by atoms with Crippen molar-refractivity contribution in [2.75, 3.05) is 25.1 Å². The summed E-state index contributed by atoms with van der Waals surface area (Å²) in [5.74, 6) is 1.74. The molecule has 0 bridgehead atoms. The maximum atomic E-state index is 5.66. The van der Waals surface area contributed by atoms with Crippen molar-refractivity contribution in [3.05, 3.63) is 40.1 Å². The number of benzene rings is 1. The monoisotopic (exact) mass is 287 g/mol. The van der Waals surface area contributed by atoms with Crippen LogP contribution in [0.5, 0.6) is 11.5 Å². The largest absolute Gasteiger partial charge is 0.485 e. The highest BCUT2D eigenvalue weighted by molar-refractivity contribution is 7.11. The van der Waals surface area contributed by atoms with Gasteiger partial charge in [-0.2, -0.15) is 0 Å². The third-order valence-electron chi connectivity index (χ3n) is 3.05. The van der Waals surface area contributed by atoms with E-state index in [1.807, 2.05) is 5.38 Å². The van der Waals surface area contributed by atoms with E-state index in [4.69, 9.17) is 9.47 Å². The van der Waals surface area contributed by atoms with Gasteiger partial charge in [-0.3, -0.25) is 0 Å². The first kappa shape index (κ1) is 13.1. The molecule has 1 N–H and O–H groups in total. The van der Waals surface area contributed by atoms with E-state index in [9.17, 15) is 0 Å². The normalized spacial score (nSPS) is 13.7. The molecular formula is C16H17NO2S. The van der Waals surface area contributed by atoms with E-state index in [0.29, 0.717) is 13.2 Å². The third-order valence-corrected chi connectivity index (χ3v) is 3.95. The summed E-state index contributed by atoms with van der Waals surface area (Å²) in [4.78, 5) is 1.11. The quantitative estimate of drug-likeness (QED) is 0.917. The van der Waals surface area contributed by atoms with E-state index in [0.717, 1.165) is 28.6 Å². The number of ether oxygens (including phenoxy) is 2. The molecule has 1 aliphatic heterocycles. The highest BCUT2D eigenvalue weighted by Gasteiger charge is 2.16. The van der Waals surface area contributed by atoms with E-state index in [2.05, 4.69) is 48.7 Å². The van der Waals surface area contributed by atoms with Crippen LogP contribution < -0.4 is 14.8 Å². The van der Waals surface area contributed by atoms with Crippen LogP contribution in [0.2, 0.25) is 0 Å². The van der Waals surface area contributed by atoms with Crippen molar-refractivity contribution in [2.45, 2.75) is 6.92 Å². The predicted molar refractivity (Wildman–Crippen MR) is 84.8 cm³/mol. The van der Waals surface area contributed by atoms with E-state index >= 15 is 0 Å². The molecule has 0 fully saturated rings. The zero-order valence-electron chi connectivity index (χ0n) is 11.4. The third kappa shape index (κ3) is 2.80. The molecule has 1 aromatic carbocycles. The minimum atomic E-state index is 0.627. The van der Waals surface area contributed by atoms with E-state index in [1.165, 1.54) is 5.56 Å². The van der Waals surface area contributed by atoms with Crippen molar-refractivity contribution < 1.29 is 9.47 Å². The Balaban J connectivity index is 1.75. The molecule has 0 radical (unpaired) electrons. The average Bonchev–Trinajstić information content (AvgIpc) is 2.90. The number of hydrogen-bond donors (Lipinski definition) is 1. The Hall–Kier alpha value is -1.94. The van der Waals surface area contributed by atoms with Gasteiger partial charge in [0.2, 0.25) is 0 Å². The summed E-state index contributed by atoms with van der Waals surface area (Å²) < 4.78 is 11.2. The van der Waals surface area contributed by atoms with Crippen LogP contribution in [0.4, 0.5) is 5.69 Å². The number of anilines is 1. The SMILES string of the molecule is CCNc1ccc(/C=C/c2scc3c2OCCO3)cc1. The van der Waals surface area contributed by atoms with Crippen molar-refractivity contribution >= 4 is 29.2 Å². The first-order chi connectivity index (χ1) is 9.86. The fourth-order valence-electron chi connectivity index (χ4n) is 2.09. The zero-order valence-corrected chi connectivity index (χ0v) is 12.2. The lowest BCUT2D eigenvalue weighted by molar-refractivity contribution is 0.173. The Bertz CT molecular complexity index is 601. The number of hydrogen-bond acceptors (Lipinski definition) is 4. The molecule has 1 aliphatic rings. The van der Waals surface area contributed by atoms with Gasteiger partial charge in [0.25, 0.3) is 0 Å². The lowest BCUT2D eigenvalue weighted by atomic mass is 10.2. The van der Waals surface area contributed by atoms with Crippen molar-refractivity contribution in [1.82, 2.24) is 0 Å². The standard InChI is InChI=1S/C16H17NO2S/c1-2-17-13-6-3-12(4-7-13)5-8-15-16-14(11-20-15)18-9-10-19-16/h3-8,11,17H,2,9-10H2,1H3/b8-5+. The summed E-state index contributed by atoms with van der Waals surface area (Å²) in [6.45, 7) is 4.30. The molecule has 0 saturated heterocycles. The van der Waals surface area contributed by atoms with Crippen LogP contribution in [-0.4, -0.2) is 19.8 Å². The summed E-state index contributed by atoms with van der Waals surface area (Å²) in [7, 11) is 0. The topological polar surface area (TPSA) is 30.5 Å². The molecule has 0 unspecified atom stereocenters.